The maximum Gasteiger partial charge on any atom is 0.228 e. The van der Waals surface area contributed by atoms with Crippen LogP contribution in [0.15, 0.2) is 11.4 Å². The van der Waals surface area contributed by atoms with E-state index in [1.807, 2.05) is 5.38 Å². The molecule has 0 aromatic carbocycles. The molecule has 4 nitrogen and oxygen atoms in total. The molecule has 1 aliphatic rings. The quantitative estimate of drug-likeness (QED) is 0.878. The van der Waals surface area contributed by atoms with Crippen molar-refractivity contribution in [1.29, 1.82) is 5.26 Å². The molecule has 0 spiro atoms. The molecular weight excluding hydrogens is 246 g/mol. The lowest BCUT2D eigenvalue weighted by molar-refractivity contribution is -0.122. The van der Waals surface area contributed by atoms with Gasteiger partial charge in [-0.15, -0.1) is 11.3 Å². The van der Waals surface area contributed by atoms with Crippen molar-refractivity contribution in [2.75, 3.05) is 11.9 Å². The third kappa shape index (κ3) is 2.71. The highest BCUT2D eigenvalue weighted by Gasteiger charge is 2.30. The van der Waals surface area contributed by atoms with Gasteiger partial charge in [0.25, 0.3) is 0 Å². The summed E-state index contributed by atoms with van der Waals surface area (Å²) >= 11 is 1.39. The van der Waals surface area contributed by atoms with E-state index < -0.39 is 0 Å². The molecule has 1 aliphatic carbocycles. The van der Waals surface area contributed by atoms with Crippen LogP contribution < -0.4 is 11.1 Å². The Hall–Kier alpha value is -1.38. The van der Waals surface area contributed by atoms with Crippen molar-refractivity contribution >= 4 is 22.2 Å². The smallest absolute Gasteiger partial charge is 0.228 e. The first-order valence-electron chi connectivity index (χ1n) is 6.24. The largest absolute Gasteiger partial charge is 0.330 e. The molecule has 0 radical (unpaired) electrons. The summed E-state index contributed by atoms with van der Waals surface area (Å²) in [5, 5.41) is 14.3. The van der Waals surface area contributed by atoms with Crippen LogP contribution in [0.4, 0.5) is 5.00 Å². The Morgan fingerprint density at radius 1 is 1.56 bits per heavy atom. The molecule has 0 saturated heterocycles. The van der Waals surface area contributed by atoms with E-state index in [0.717, 1.165) is 25.7 Å². The highest BCUT2D eigenvalue weighted by molar-refractivity contribution is 7.14. The highest BCUT2D eigenvalue weighted by Crippen LogP contribution is 2.31. The van der Waals surface area contributed by atoms with Gasteiger partial charge in [0.05, 0.1) is 5.56 Å². The van der Waals surface area contributed by atoms with Gasteiger partial charge >= 0.3 is 0 Å². The fourth-order valence-corrected chi connectivity index (χ4v) is 3.27. The van der Waals surface area contributed by atoms with Gasteiger partial charge in [-0.2, -0.15) is 5.26 Å². The van der Waals surface area contributed by atoms with E-state index in [2.05, 4.69) is 11.4 Å². The van der Waals surface area contributed by atoms with Crippen molar-refractivity contribution < 1.29 is 4.79 Å². The molecule has 0 aliphatic heterocycles. The Labute approximate surface area is 111 Å². The van der Waals surface area contributed by atoms with Crippen LogP contribution in [0.25, 0.3) is 0 Å². The summed E-state index contributed by atoms with van der Waals surface area (Å²) < 4.78 is 0. The molecule has 0 bridgehead atoms. The second kappa shape index (κ2) is 5.98. The van der Waals surface area contributed by atoms with Gasteiger partial charge in [0.2, 0.25) is 5.91 Å². The summed E-state index contributed by atoms with van der Waals surface area (Å²) in [5.74, 6) is 0.297. The van der Waals surface area contributed by atoms with Gasteiger partial charge < -0.3 is 11.1 Å². The van der Waals surface area contributed by atoms with E-state index in [4.69, 9.17) is 11.0 Å². The lowest BCUT2D eigenvalue weighted by Crippen LogP contribution is -2.35. The Bertz CT molecular complexity index is 463. The second-order valence-corrected chi connectivity index (χ2v) is 5.57. The van der Waals surface area contributed by atoms with Crippen molar-refractivity contribution in [2.45, 2.75) is 25.7 Å². The van der Waals surface area contributed by atoms with Gasteiger partial charge in [-0.1, -0.05) is 12.8 Å². The SMILES string of the molecule is N#Cc1ccsc1NC(=O)C1CCCCC1CN. The number of carbonyl (C=O) groups is 1. The fourth-order valence-electron chi connectivity index (χ4n) is 2.53. The van der Waals surface area contributed by atoms with Crippen LogP contribution >= 0.6 is 11.3 Å². The number of nitrogens with two attached hydrogens (primary N) is 1. The van der Waals surface area contributed by atoms with Crippen molar-refractivity contribution in [2.24, 2.45) is 17.6 Å². The van der Waals surface area contributed by atoms with Crippen LogP contribution in [-0.2, 0) is 4.79 Å². The number of nitrogens with zero attached hydrogens (tertiary/aromatic N) is 1. The molecule has 1 fully saturated rings. The van der Waals surface area contributed by atoms with E-state index in [1.54, 1.807) is 6.07 Å². The van der Waals surface area contributed by atoms with Gasteiger partial charge in [0.15, 0.2) is 0 Å². The number of nitrogens with one attached hydrogen (secondary N) is 1. The minimum Gasteiger partial charge on any atom is -0.330 e. The molecule has 1 heterocycles. The van der Waals surface area contributed by atoms with E-state index >= 15 is 0 Å². The lowest BCUT2D eigenvalue weighted by atomic mass is 9.79. The number of hydrogen-bond acceptors (Lipinski definition) is 4. The van der Waals surface area contributed by atoms with Gasteiger partial charge in [-0.3, -0.25) is 4.79 Å². The van der Waals surface area contributed by atoms with Gasteiger partial charge in [0.1, 0.15) is 11.1 Å². The first-order valence-corrected chi connectivity index (χ1v) is 7.12. The average molecular weight is 263 g/mol. The van der Waals surface area contributed by atoms with E-state index in [9.17, 15) is 4.79 Å². The van der Waals surface area contributed by atoms with Crippen LogP contribution in [0.3, 0.4) is 0 Å². The lowest BCUT2D eigenvalue weighted by Gasteiger charge is -2.29. The zero-order valence-electron chi connectivity index (χ0n) is 10.2. The third-order valence-electron chi connectivity index (χ3n) is 3.57. The number of nitriles is 1. The summed E-state index contributed by atoms with van der Waals surface area (Å²) in [6.45, 7) is 0.563. The standard InChI is InChI=1S/C13H17N3OS/c14-7-9-3-1-2-4-11(9)12(17)16-13-10(8-15)5-6-18-13/h5-6,9,11H,1-4,7,14H2,(H,16,17). The summed E-state index contributed by atoms with van der Waals surface area (Å²) in [5.41, 5.74) is 6.27. The van der Waals surface area contributed by atoms with Crippen LogP contribution in [0.2, 0.25) is 0 Å². The first-order chi connectivity index (χ1) is 8.76. The number of hydrogen-bond donors (Lipinski definition) is 2. The Balaban J connectivity index is 2.05. The van der Waals surface area contributed by atoms with E-state index in [1.165, 1.54) is 11.3 Å². The van der Waals surface area contributed by atoms with Crippen molar-refractivity contribution in [1.82, 2.24) is 0 Å². The van der Waals surface area contributed by atoms with Crippen LogP contribution in [0.5, 0.6) is 0 Å². The van der Waals surface area contributed by atoms with E-state index in [0.29, 0.717) is 17.1 Å². The minimum absolute atomic E-state index is 0.00241. The van der Waals surface area contributed by atoms with E-state index in [-0.39, 0.29) is 17.7 Å². The first kappa shape index (κ1) is 13.1. The topological polar surface area (TPSA) is 78.9 Å². The molecule has 1 saturated carbocycles. The molecule has 2 rings (SSSR count). The number of rotatable bonds is 3. The Morgan fingerprint density at radius 2 is 2.33 bits per heavy atom. The van der Waals surface area contributed by atoms with Gasteiger partial charge in [0, 0.05) is 5.92 Å². The molecule has 3 N–H and O–H groups in total. The maximum atomic E-state index is 12.2. The fraction of sp³-hybridized carbons (Fsp3) is 0.538. The number of anilines is 1. The maximum absolute atomic E-state index is 12.2. The van der Waals surface area contributed by atoms with Crippen LogP contribution in [0.1, 0.15) is 31.2 Å². The van der Waals surface area contributed by atoms with Gasteiger partial charge in [-0.05, 0) is 36.8 Å². The summed E-state index contributed by atoms with van der Waals surface area (Å²) in [7, 11) is 0. The monoisotopic (exact) mass is 263 g/mol. The Morgan fingerprint density at radius 3 is 3.06 bits per heavy atom. The zero-order chi connectivity index (χ0) is 13.0. The molecule has 18 heavy (non-hydrogen) atoms. The number of carbonyl (C=O) groups excluding carboxylic acids is 1. The van der Waals surface area contributed by atoms with Crippen molar-refractivity contribution in [3.05, 3.63) is 17.0 Å². The Kier molecular flexibility index (Phi) is 4.34. The summed E-state index contributed by atoms with van der Waals surface area (Å²) in [6, 6.07) is 3.80. The zero-order valence-corrected chi connectivity index (χ0v) is 11.0. The molecule has 2 unspecified atom stereocenters. The summed E-state index contributed by atoms with van der Waals surface area (Å²) in [6.07, 6.45) is 4.18. The predicted octanol–water partition coefficient (Wildman–Crippen LogP) is 2.32. The second-order valence-electron chi connectivity index (χ2n) is 4.65. The average Bonchev–Trinajstić information content (AvgIpc) is 2.85. The molecule has 96 valence electrons. The minimum atomic E-state index is -0.00241. The molecular formula is C13H17N3OS. The molecule has 1 amide bonds. The summed E-state index contributed by atoms with van der Waals surface area (Å²) in [4.78, 5) is 12.2. The highest BCUT2D eigenvalue weighted by atomic mass is 32.1. The normalized spacial score (nSPS) is 23.3. The molecule has 1 aromatic heterocycles. The molecule has 1 aromatic rings. The van der Waals surface area contributed by atoms with Gasteiger partial charge in [-0.25, -0.2) is 0 Å². The number of amides is 1. The van der Waals surface area contributed by atoms with Crippen LogP contribution in [-0.4, -0.2) is 12.5 Å². The third-order valence-corrected chi connectivity index (χ3v) is 4.40. The number of thiophene rings is 1. The van der Waals surface area contributed by atoms with Crippen LogP contribution in [0, 0.1) is 23.2 Å². The molecule has 5 heteroatoms. The van der Waals surface area contributed by atoms with Crippen molar-refractivity contribution in [3.63, 3.8) is 0 Å². The predicted molar refractivity (Wildman–Crippen MR) is 72.2 cm³/mol. The molecule has 2 atom stereocenters. The van der Waals surface area contributed by atoms with Crippen molar-refractivity contribution in [3.8, 4) is 6.07 Å².